The van der Waals surface area contributed by atoms with Gasteiger partial charge in [-0.3, -0.25) is 4.79 Å². The predicted molar refractivity (Wildman–Crippen MR) is 95.9 cm³/mol. The smallest absolute Gasteiger partial charge is 0.224 e. The molecular weight excluding hydrogens is 352 g/mol. The standard InChI is InChI=1S/C15H26N4O3S.ClH/c1-12(2)11-23(21,22)9-4-14(20)19-8-5-16-10-13(19)15-17-6-7-18(15)3;/h6-7,12-13,16H,4-5,8-11H2,1-3H3;1H. The lowest BCUT2D eigenvalue weighted by molar-refractivity contribution is -0.134. The van der Waals surface area contributed by atoms with E-state index in [-0.39, 0.29) is 48.2 Å². The van der Waals surface area contributed by atoms with Crippen molar-refractivity contribution in [2.45, 2.75) is 26.3 Å². The lowest BCUT2D eigenvalue weighted by atomic mass is 10.1. The summed E-state index contributed by atoms with van der Waals surface area (Å²) in [5.74, 6) is 0.823. The van der Waals surface area contributed by atoms with Gasteiger partial charge in [0, 0.05) is 45.5 Å². The number of imidazole rings is 1. The summed E-state index contributed by atoms with van der Waals surface area (Å²) in [6, 6.07) is -0.149. The Morgan fingerprint density at radius 3 is 2.75 bits per heavy atom. The van der Waals surface area contributed by atoms with Crippen LogP contribution in [0.2, 0.25) is 0 Å². The average Bonchev–Trinajstić information content (AvgIpc) is 2.89. The van der Waals surface area contributed by atoms with Gasteiger partial charge in [-0.05, 0) is 5.92 Å². The summed E-state index contributed by atoms with van der Waals surface area (Å²) < 4.78 is 25.9. The number of nitrogens with one attached hydrogen (secondary N) is 1. The van der Waals surface area contributed by atoms with Gasteiger partial charge in [-0.15, -0.1) is 12.4 Å². The van der Waals surface area contributed by atoms with Gasteiger partial charge in [0.1, 0.15) is 11.9 Å². The molecule has 24 heavy (non-hydrogen) atoms. The van der Waals surface area contributed by atoms with Crippen LogP contribution in [0.4, 0.5) is 0 Å². The number of carbonyl (C=O) groups is 1. The van der Waals surface area contributed by atoms with Crippen LogP contribution in [0, 0.1) is 5.92 Å². The maximum Gasteiger partial charge on any atom is 0.224 e. The second-order valence-electron chi connectivity index (χ2n) is 6.46. The number of piperazine rings is 1. The number of aryl methyl sites for hydroxylation is 1. The summed E-state index contributed by atoms with van der Waals surface area (Å²) in [7, 11) is -1.28. The topological polar surface area (TPSA) is 84.3 Å². The Hall–Kier alpha value is -1.12. The molecule has 1 atom stereocenters. The summed E-state index contributed by atoms with van der Waals surface area (Å²) in [5.41, 5.74) is 0. The van der Waals surface area contributed by atoms with E-state index in [1.165, 1.54) is 0 Å². The Balaban J connectivity index is 0.00000288. The SMILES string of the molecule is CC(C)CS(=O)(=O)CCC(=O)N1CCNCC1c1nccn1C.Cl. The molecule has 2 heterocycles. The Bertz CT molecular complexity index is 645. The summed E-state index contributed by atoms with van der Waals surface area (Å²) in [6.45, 7) is 5.65. The normalized spacial score (nSPS) is 18.5. The first-order valence-corrected chi connectivity index (χ1v) is 9.80. The zero-order valence-corrected chi connectivity index (χ0v) is 16.1. The summed E-state index contributed by atoms with van der Waals surface area (Å²) >= 11 is 0. The molecule has 0 aliphatic carbocycles. The van der Waals surface area contributed by atoms with Crippen molar-refractivity contribution < 1.29 is 13.2 Å². The second-order valence-corrected chi connectivity index (χ2v) is 8.69. The molecule has 2 rings (SSSR count). The molecule has 1 fully saturated rings. The molecule has 0 aromatic carbocycles. The summed E-state index contributed by atoms with van der Waals surface area (Å²) in [5, 5.41) is 3.27. The van der Waals surface area contributed by atoms with Crippen molar-refractivity contribution in [1.29, 1.82) is 0 Å². The first-order valence-electron chi connectivity index (χ1n) is 7.98. The first kappa shape index (κ1) is 20.9. The third-order valence-electron chi connectivity index (χ3n) is 3.93. The van der Waals surface area contributed by atoms with Gasteiger partial charge in [0.2, 0.25) is 5.91 Å². The number of hydrogen-bond acceptors (Lipinski definition) is 5. The number of hydrogen-bond donors (Lipinski definition) is 1. The van der Waals surface area contributed by atoms with Crippen molar-refractivity contribution in [3.8, 4) is 0 Å². The van der Waals surface area contributed by atoms with E-state index in [0.717, 1.165) is 5.82 Å². The lowest BCUT2D eigenvalue weighted by Gasteiger charge is -2.35. The summed E-state index contributed by atoms with van der Waals surface area (Å²) in [4.78, 5) is 18.6. The molecule has 0 radical (unpaired) electrons. The molecule has 138 valence electrons. The molecule has 0 bridgehead atoms. The van der Waals surface area contributed by atoms with Crippen LogP contribution in [0.25, 0.3) is 0 Å². The van der Waals surface area contributed by atoms with Crippen molar-refractivity contribution >= 4 is 28.2 Å². The lowest BCUT2D eigenvalue weighted by Crippen LogP contribution is -2.49. The van der Waals surface area contributed by atoms with Gasteiger partial charge in [-0.1, -0.05) is 13.8 Å². The molecule has 0 saturated carbocycles. The van der Waals surface area contributed by atoms with Gasteiger partial charge in [0.25, 0.3) is 0 Å². The van der Waals surface area contributed by atoms with E-state index in [9.17, 15) is 13.2 Å². The van der Waals surface area contributed by atoms with Gasteiger partial charge < -0.3 is 14.8 Å². The van der Waals surface area contributed by atoms with E-state index in [1.807, 2.05) is 31.7 Å². The molecule has 1 N–H and O–H groups in total. The van der Waals surface area contributed by atoms with Crippen LogP contribution in [-0.4, -0.2) is 59.9 Å². The highest BCUT2D eigenvalue weighted by molar-refractivity contribution is 7.91. The maximum atomic E-state index is 12.5. The third-order valence-corrected chi connectivity index (χ3v) is 5.94. The first-order chi connectivity index (χ1) is 10.8. The molecule has 1 amide bonds. The minimum atomic E-state index is -3.18. The van der Waals surface area contributed by atoms with Crippen LogP contribution < -0.4 is 5.32 Å². The van der Waals surface area contributed by atoms with Crippen LogP contribution in [0.1, 0.15) is 32.1 Å². The Morgan fingerprint density at radius 2 is 2.17 bits per heavy atom. The maximum absolute atomic E-state index is 12.5. The fourth-order valence-electron chi connectivity index (χ4n) is 2.91. The van der Waals surface area contributed by atoms with E-state index >= 15 is 0 Å². The van der Waals surface area contributed by atoms with Crippen LogP contribution in [-0.2, 0) is 21.7 Å². The molecule has 1 unspecified atom stereocenters. The largest absolute Gasteiger partial charge is 0.336 e. The van der Waals surface area contributed by atoms with Crippen molar-refractivity contribution in [3.63, 3.8) is 0 Å². The van der Waals surface area contributed by atoms with Gasteiger partial charge in [-0.25, -0.2) is 13.4 Å². The van der Waals surface area contributed by atoms with Gasteiger partial charge in [0.15, 0.2) is 9.84 Å². The van der Waals surface area contributed by atoms with Crippen molar-refractivity contribution in [2.24, 2.45) is 13.0 Å². The Kier molecular flexibility index (Phi) is 7.69. The number of sulfone groups is 1. The van der Waals surface area contributed by atoms with Crippen molar-refractivity contribution in [1.82, 2.24) is 19.8 Å². The third kappa shape index (κ3) is 5.46. The van der Waals surface area contributed by atoms with Crippen LogP contribution in [0.5, 0.6) is 0 Å². The quantitative estimate of drug-likeness (QED) is 0.790. The number of aromatic nitrogens is 2. The fraction of sp³-hybridized carbons (Fsp3) is 0.733. The van der Waals surface area contributed by atoms with Crippen LogP contribution in [0.3, 0.4) is 0 Å². The van der Waals surface area contributed by atoms with Crippen LogP contribution >= 0.6 is 12.4 Å². The number of halogens is 1. The molecule has 1 aliphatic heterocycles. The Morgan fingerprint density at radius 1 is 1.46 bits per heavy atom. The number of amides is 1. The minimum absolute atomic E-state index is 0. The van der Waals surface area contributed by atoms with E-state index in [4.69, 9.17) is 0 Å². The monoisotopic (exact) mass is 378 g/mol. The molecule has 0 spiro atoms. The van der Waals surface area contributed by atoms with Gasteiger partial charge in [-0.2, -0.15) is 0 Å². The summed E-state index contributed by atoms with van der Waals surface area (Å²) in [6.07, 6.45) is 3.59. The molecule has 9 heteroatoms. The number of rotatable bonds is 6. The van der Waals surface area contributed by atoms with Crippen molar-refractivity contribution in [2.75, 3.05) is 31.1 Å². The van der Waals surface area contributed by atoms with E-state index < -0.39 is 9.84 Å². The van der Waals surface area contributed by atoms with Gasteiger partial charge >= 0.3 is 0 Å². The predicted octanol–water partition coefficient (Wildman–Crippen LogP) is 0.776. The molecule has 1 saturated heterocycles. The van der Waals surface area contributed by atoms with E-state index in [1.54, 1.807) is 11.1 Å². The number of nitrogens with zero attached hydrogens (tertiary/aromatic N) is 3. The highest BCUT2D eigenvalue weighted by Gasteiger charge is 2.30. The highest BCUT2D eigenvalue weighted by Crippen LogP contribution is 2.21. The molecule has 1 aromatic rings. The Labute approximate surface area is 150 Å². The minimum Gasteiger partial charge on any atom is -0.336 e. The molecular formula is C15H27ClN4O3S. The molecule has 7 nitrogen and oxygen atoms in total. The fourth-order valence-corrected chi connectivity index (χ4v) is 4.58. The van der Waals surface area contributed by atoms with Gasteiger partial charge in [0.05, 0.1) is 11.5 Å². The molecule has 1 aliphatic rings. The zero-order valence-electron chi connectivity index (χ0n) is 14.4. The number of carbonyl (C=O) groups excluding carboxylic acids is 1. The second kappa shape index (κ2) is 8.82. The van der Waals surface area contributed by atoms with E-state index in [2.05, 4.69) is 10.3 Å². The average molecular weight is 379 g/mol. The highest BCUT2D eigenvalue weighted by atomic mass is 35.5. The zero-order chi connectivity index (χ0) is 17.0. The van der Waals surface area contributed by atoms with Crippen LogP contribution in [0.15, 0.2) is 12.4 Å². The molecule has 1 aromatic heterocycles. The van der Waals surface area contributed by atoms with E-state index in [0.29, 0.717) is 19.6 Å². The van der Waals surface area contributed by atoms with Crippen molar-refractivity contribution in [3.05, 3.63) is 18.2 Å².